The first-order valence-electron chi connectivity index (χ1n) is 5.84. The molecule has 0 bridgehead atoms. The highest BCUT2D eigenvalue weighted by Crippen LogP contribution is 2.18. The van der Waals surface area contributed by atoms with Gasteiger partial charge in [0.05, 0.1) is 13.2 Å². The minimum Gasteiger partial charge on any atom is -0.395 e. The predicted octanol–water partition coefficient (Wildman–Crippen LogP) is 2.09. The van der Waals surface area contributed by atoms with Crippen LogP contribution in [0.5, 0.6) is 0 Å². The fourth-order valence-corrected chi connectivity index (χ4v) is 2.65. The fraction of sp³-hybridized carbons (Fsp3) is 0.462. The van der Waals surface area contributed by atoms with Crippen LogP contribution in [0.4, 0.5) is 0 Å². The van der Waals surface area contributed by atoms with Crippen LogP contribution in [0, 0.1) is 0 Å². The zero-order chi connectivity index (χ0) is 12.3. The summed E-state index contributed by atoms with van der Waals surface area (Å²) in [6.07, 6.45) is 2.05. The molecule has 4 heteroatoms. The van der Waals surface area contributed by atoms with Gasteiger partial charge in [-0.15, -0.1) is 0 Å². The molecule has 0 aliphatic carbocycles. The van der Waals surface area contributed by atoms with Crippen molar-refractivity contribution in [1.82, 2.24) is 4.90 Å². The number of hydrogen-bond acceptors (Lipinski definition) is 3. The molecule has 0 saturated carbocycles. The molecule has 1 heterocycles. The molecule has 1 unspecified atom stereocenters. The van der Waals surface area contributed by atoms with Crippen LogP contribution < -0.4 is 0 Å². The van der Waals surface area contributed by atoms with E-state index in [1.54, 1.807) is 0 Å². The van der Waals surface area contributed by atoms with E-state index in [1.165, 1.54) is 0 Å². The van der Waals surface area contributed by atoms with Gasteiger partial charge < -0.3 is 5.11 Å². The third kappa shape index (κ3) is 3.15. The Morgan fingerprint density at radius 2 is 2.35 bits per heavy atom. The average Bonchev–Trinajstić information content (AvgIpc) is 2.76. The number of aliphatic hydroxyl groups is 1. The second kappa shape index (κ2) is 5.76. The van der Waals surface area contributed by atoms with Gasteiger partial charge in [0.15, 0.2) is 5.78 Å². The van der Waals surface area contributed by atoms with Crippen molar-refractivity contribution in [2.45, 2.75) is 18.9 Å². The number of carbonyl (C=O) groups excluding carboxylic acids is 1. The molecule has 0 amide bonds. The highest BCUT2D eigenvalue weighted by molar-refractivity contribution is 9.10. The van der Waals surface area contributed by atoms with E-state index in [2.05, 4.69) is 20.8 Å². The first-order chi connectivity index (χ1) is 8.20. The van der Waals surface area contributed by atoms with Gasteiger partial charge in [-0.2, -0.15) is 0 Å². The van der Waals surface area contributed by atoms with Crippen LogP contribution in [-0.2, 0) is 0 Å². The molecular formula is C13H16BrNO2. The Balaban J connectivity index is 2.01. The van der Waals surface area contributed by atoms with Gasteiger partial charge >= 0.3 is 0 Å². The molecule has 0 spiro atoms. The van der Waals surface area contributed by atoms with Gasteiger partial charge in [-0.3, -0.25) is 9.69 Å². The summed E-state index contributed by atoms with van der Waals surface area (Å²) in [4.78, 5) is 14.1. The first kappa shape index (κ1) is 12.7. The zero-order valence-electron chi connectivity index (χ0n) is 9.60. The number of likely N-dealkylation sites (tertiary alicyclic amines) is 1. The van der Waals surface area contributed by atoms with E-state index in [4.69, 9.17) is 0 Å². The zero-order valence-corrected chi connectivity index (χ0v) is 11.2. The van der Waals surface area contributed by atoms with Crippen LogP contribution in [0.2, 0.25) is 0 Å². The maximum atomic E-state index is 12.1. The van der Waals surface area contributed by atoms with Gasteiger partial charge in [0.2, 0.25) is 0 Å². The van der Waals surface area contributed by atoms with Crippen molar-refractivity contribution in [3.63, 3.8) is 0 Å². The van der Waals surface area contributed by atoms with Gasteiger partial charge in [-0.1, -0.05) is 28.1 Å². The van der Waals surface area contributed by atoms with E-state index in [1.807, 2.05) is 24.3 Å². The van der Waals surface area contributed by atoms with Crippen molar-refractivity contribution in [3.05, 3.63) is 34.3 Å². The van der Waals surface area contributed by atoms with Crippen LogP contribution in [0.1, 0.15) is 23.2 Å². The van der Waals surface area contributed by atoms with Crippen molar-refractivity contribution in [3.8, 4) is 0 Å². The third-order valence-corrected chi connectivity index (χ3v) is 3.70. The second-order valence-electron chi connectivity index (χ2n) is 4.38. The Kier molecular flexibility index (Phi) is 4.31. The van der Waals surface area contributed by atoms with E-state index in [-0.39, 0.29) is 18.4 Å². The molecule has 3 nitrogen and oxygen atoms in total. The maximum Gasteiger partial charge on any atom is 0.176 e. The summed E-state index contributed by atoms with van der Waals surface area (Å²) in [5.74, 6) is 0.117. The number of hydrogen-bond donors (Lipinski definition) is 1. The normalized spacial score (nSPS) is 20.7. The molecule has 1 fully saturated rings. The molecule has 0 radical (unpaired) electrons. The standard InChI is InChI=1S/C13H16BrNO2/c14-11-4-1-3-10(7-11)13(17)8-15-6-2-5-12(15)9-16/h1,3-4,7,12,16H,2,5-6,8-9H2. The molecule has 1 saturated heterocycles. The van der Waals surface area contributed by atoms with E-state index in [0.717, 1.165) is 29.4 Å². The van der Waals surface area contributed by atoms with Crippen LogP contribution in [0.25, 0.3) is 0 Å². The summed E-state index contributed by atoms with van der Waals surface area (Å²) in [5, 5.41) is 9.20. The number of halogens is 1. The van der Waals surface area contributed by atoms with Crippen molar-refractivity contribution < 1.29 is 9.90 Å². The van der Waals surface area contributed by atoms with Gasteiger partial charge in [0.25, 0.3) is 0 Å². The molecule has 1 aromatic carbocycles. The van der Waals surface area contributed by atoms with E-state index >= 15 is 0 Å². The number of benzene rings is 1. The molecule has 0 aromatic heterocycles. The Bertz CT molecular complexity index is 408. The van der Waals surface area contributed by atoms with Crippen molar-refractivity contribution in [1.29, 1.82) is 0 Å². The lowest BCUT2D eigenvalue weighted by atomic mass is 10.1. The Morgan fingerprint density at radius 1 is 1.53 bits per heavy atom. The number of ketones is 1. The quantitative estimate of drug-likeness (QED) is 0.865. The average molecular weight is 298 g/mol. The Morgan fingerprint density at radius 3 is 3.06 bits per heavy atom. The maximum absolute atomic E-state index is 12.1. The number of carbonyl (C=O) groups is 1. The molecule has 1 atom stereocenters. The molecule has 1 N–H and O–H groups in total. The fourth-order valence-electron chi connectivity index (χ4n) is 2.25. The van der Waals surface area contributed by atoms with Gasteiger partial charge in [0, 0.05) is 16.1 Å². The molecule has 1 aromatic rings. The van der Waals surface area contributed by atoms with Gasteiger partial charge in [-0.05, 0) is 31.5 Å². The largest absolute Gasteiger partial charge is 0.395 e. The molecule has 1 aliphatic rings. The predicted molar refractivity (Wildman–Crippen MR) is 70.2 cm³/mol. The molecule has 92 valence electrons. The minimum absolute atomic E-state index is 0.117. The van der Waals surface area contributed by atoms with Crippen molar-refractivity contribution >= 4 is 21.7 Å². The van der Waals surface area contributed by atoms with Crippen LogP contribution in [0.3, 0.4) is 0 Å². The van der Waals surface area contributed by atoms with Crippen LogP contribution >= 0.6 is 15.9 Å². The molecule has 2 rings (SSSR count). The topological polar surface area (TPSA) is 40.5 Å². The first-order valence-corrected chi connectivity index (χ1v) is 6.63. The number of Topliss-reactive ketones (excluding diaryl/α,β-unsaturated/α-hetero) is 1. The number of aliphatic hydroxyl groups excluding tert-OH is 1. The highest BCUT2D eigenvalue weighted by atomic mass is 79.9. The second-order valence-corrected chi connectivity index (χ2v) is 5.30. The summed E-state index contributed by atoms with van der Waals surface area (Å²) in [6.45, 7) is 1.46. The summed E-state index contributed by atoms with van der Waals surface area (Å²) < 4.78 is 0.920. The van der Waals surface area contributed by atoms with Crippen molar-refractivity contribution in [2.75, 3.05) is 19.7 Å². The summed E-state index contributed by atoms with van der Waals surface area (Å²) in [5.41, 5.74) is 0.725. The van der Waals surface area contributed by atoms with Gasteiger partial charge in [-0.25, -0.2) is 0 Å². The molecular weight excluding hydrogens is 282 g/mol. The number of nitrogens with zero attached hydrogens (tertiary/aromatic N) is 1. The lowest BCUT2D eigenvalue weighted by Gasteiger charge is -2.21. The van der Waals surface area contributed by atoms with Crippen molar-refractivity contribution in [2.24, 2.45) is 0 Å². The van der Waals surface area contributed by atoms with Crippen LogP contribution in [0.15, 0.2) is 28.7 Å². The summed E-state index contributed by atoms with van der Waals surface area (Å²) in [6, 6.07) is 7.60. The third-order valence-electron chi connectivity index (χ3n) is 3.20. The van der Waals surface area contributed by atoms with E-state index < -0.39 is 0 Å². The lowest BCUT2D eigenvalue weighted by Crippen LogP contribution is -2.36. The smallest absolute Gasteiger partial charge is 0.176 e. The van der Waals surface area contributed by atoms with Crippen LogP contribution in [-0.4, -0.2) is 41.5 Å². The lowest BCUT2D eigenvalue weighted by molar-refractivity contribution is 0.0888. The number of rotatable bonds is 4. The van der Waals surface area contributed by atoms with Gasteiger partial charge in [0.1, 0.15) is 0 Å². The van der Waals surface area contributed by atoms with E-state index in [9.17, 15) is 9.90 Å². The minimum atomic E-state index is 0.117. The SMILES string of the molecule is O=C(CN1CCCC1CO)c1cccc(Br)c1. The monoisotopic (exact) mass is 297 g/mol. The Hall–Kier alpha value is -0.710. The Labute approximate surface area is 110 Å². The summed E-state index contributed by atoms with van der Waals surface area (Å²) in [7, 11) is 0. The molecule has 17 heavy (non-hydrogen) atoms. The summed E-state index contributed by atoms with van der Waals surface area (Å²) >= 11 is 3.36. The molecule has 1 aliphatic heterocycles. The van der Waals surface area contributed by atoms with E-state index in [0.29, 0.717) is 6.54 Å². The highest BCUT2D eigenvalue weighted by Gasteiger charge is 2.25.